The summed E-state index contributed by atoms with van der Waals surface area (Å²) in [5.74, 6) is 0. The van der Waals surface area contributed by atoms with Crippen LogP contribution < -0.4 is 0 Å². The monoisotopic (exact) mass is 281 g/mol. The van der Waals surface area contributed by atoms with E-state index in [1.165, 1.54) is 0 Å². The van der Waals surface area contributed by atoms with E-state index < -0.39 is 0 Å². The number of ether oxygens (including phenoxy) is 2. The van der Waals surface area contributed by atoms with Crippen molar-refractivity contribution in [2.75, 3.05) is 26.9 Å². The molecule has 0 spiro atoms. The van der Waals surface area contributed by atoms with Crippen LogP contribution >= 0.6 is 0 Å². The number of nitrogens with zero attached hydrogens (tertiary/aromatic N) is 1. The van der Waals surface area contributed by atoms with Gasteiger partial charge in [-0.15, -0.1) is 0 Å². The zero-order chi connectivity index (χ0) is 15.0. The summed E-state index contributed by atoms with van der Waals surface area (Å²) in [6, 6.07) is 6.75. The first-order chi connectivity index (χ1) is 9.50. The van der Waals surface area contributed by atoms with E-state index in [4.69, 9.17) is 9.47 Å². The zero-order valence-electron chi connectivity index (χ0n) is 12.4. The highest BCUT2D eigenvalue weighted by Gasteiger charge is 2.23. The van der Waals surface area contributed by atoms with Gasteiger partial charge in [-0.25, -0.2) is 0 Å². The van der Waals surface area contributed by atoms with Gasteiger partial charge in [0.2, 0.25) is 0 Å². The molecule has 1 atom stereocenters. The number of hydrogen-bond acceptors (Lipinski definition) is 4. The molecule has 5 heteroatoms. The summed E-state index contributed by atoms with van der Waals surface area (Å²) in [4.78, 5) is 10.3. The zero-order valence-corrected chi connectivity index (χ0v) is 12.4. The van der Waals surface area contributed by atoms with Gasteiger partial charge in [0, 0.05) is 19.2 Å². The molecule has 1 unspecified atom stereocenters. The third kappa shape index (κ3) is 5.27. The first-order valence-electron chi connectivity index (χ1n) is 6.81. The van der Waals surface area contributed by atoms with Crippen LogP contribution in [0.25, 0.3) is 0 Å². The van der Waals surface area contributed by atoms with Crippen LogP contribution in [-0.4, -0.2) is 31.9 Å². The fraction of sp³-hybridized carbons (Fsp3) is 0.600. The second-order valence-corrected chi connectivity index (χ2v) is 5.31. The van der Waals surface area contributed by atoms with Gasteiger partial charge in [0.05, 0.1) is 24.7 Å². The van der Waals surface area contributed by atoms with Gasteiger partial charge in [0.25, 0.3) is 5.69 Å². The van der Waals surface area contributed by atoms with Gasteiger partial charge in [-0.2, -0.15) is 0 Å². The summed E-state index contributed by atoms with van der Waals surface area (Å²) in [5, 5.41) is 10.6. The normalized spacial score (nSPS) is 13.9. The van der Waals surface area contributed by atoms with Crippen molar-refractivity contribution in [3.05, 3.63) is 39.9 Å². The van der Waals surface area contributed by atoms with E-state index in [0.29, 0.717) is 19.8 Å². The third-order valence-electron chi connectivity index (χ3n) is 3.51. The molecule has 0 bridgehead atoms. The van der Waals surface area contributed by atoms with Crippen LogP contribution in [0.3, 0.4) is 0 Å². The van der Waals surface area contributed by atoms with E-state index >= 15 is 0 Å². The van der Waals surface area contributed by atoms with Crippen LogP contribution in [0.4, 0.5) is 5.69 Å². The topological polar surface area (TPSA) is 61.6 Å². The molecule has 0 N–H and O–H groups in total. The van der Waals surface area contributed by atoms with Crippen LogP contribution in [0.2, 0.25) is 0 Å². The Bertz CT molecular complexity index is 418. The summed E-state index contributed by atoms with van der Waals surface area (Å²) < 4.78 is 10.6. The van der Waals surface area contributed by atoms with Gasteiger partial charge in [0.15, 0.2) is 0 Å². The van der Waals surface area contributed by atoms with Gasteiger partial charge in [-0.1, -0.05) is 26.0 Å². The fourth-order valence-corrected chi connectivity index (χ4v) is 1.97. The molecule has 0 heterocycles. The number of nitro groups is 1. The summed E-state index contributed by atoms with van der Waals surface area (Å²) in [7, 11) is 1.65. The minimum Gasteiger partial charge on any atom is -0.382 e. The molecule has 0 aromatic heterocycles. The number of nitro benzene ring substituents is 1. The van der Waals surface area contributed by atoms with E-state index in [1.54, 1.807) is 19.2 Å². The van der Waals surface area contributed by atoms with Crippen molar-refractivity contribution < 1.29 is 14.4 Å². The van der Waals surface area contributed by atoms with Gasteiger partial charge in [-0.05, 0) is 23.8 Å². The van der Waals surface area contributed by atoms with E-state index in [0.717, 1.165) is 18.4 Å². The quantitative estimate of drug-likeness (QED) is 0.396. The molecule has 20 heavy (non-hydrogen) atoms. The largest absolute Gasteiger partial charge is 0.382 e. The maximum absolute atomic E-state index is 10.6. The lowest BCUT2D eigenvalue weighted by atomic mass is 9.82. The van der Waals surface area contributed by atoms with Crippen LogP contribution in [-0.2, 0) is 15.9 Å². The van der Waals surface area contributed by atoms with Crippen LogP contribution in [0.5, 0.6) is 0 Å². The SMILES string of the molecule is CCC(C)(COCCOC)Cc1ccc([N+](=O)[O-])cc1. The predicted octanol–water partition coefficient (Wildman–Crippen LogP) is 3.22. The standard InChI is InChI=1S/C15H23NO4/c1-4-15(2,12-20-10-9-19-3)11-13-5-7-14(8-6-13)16(17)18/h5-8H,4,9-12H2,1-3H3. The number of non-ortho nitro benzene ring substituents is 1. The molecule has 0 aliphatic heterocycles. The lowest BCUT2D eigenvalue weighted by Crippen LogP contribution is -2.26. The number of benzene rings is 1. The lowest BCUT2D eigenvalue weighted by molar-refractivity contribution is -0.384. The highest BCUT2D eigenvalue weighted by Crippen LogP contribution is 2.27. The molecular formula is C15H23NO4. The fourth-order valence-electron chi connectivity index (χ4n) is 1.97. The van der Waals surface area contributed by atoms with Crippen molar-refractivity contribution in [3.63, 3.8) is 0 Å². The molecule has 0 saturated carbocycles. The van der Waals surface area contributed by atoms with Crippen LogP contribution in [0.15, 0.2) is 24.3 Å². The summed E-state index contributed by atoms with van der Waals surface area (Å²) in [5.41, 5.74) is 1.25. The average Bonchev–Trinajstić information content (AvgIpc) is 2.44. The Morgan fingerprint density at radius 3 is 2.40 bits per heavy atom. The van der Waals surface area contributed by atoms with Gasteiger partial charge in [-0.3, -0.25) is 10.1 Å². The molecule has 5 nitrogen and oxygen atoms in total. The molecular weight excluding hydrogens is 258 g/mol. The van der Waals surface area contributed by atoms with Crippen LogP contribution in [0, 0.1) is 15.5 Å². The molecule has 0 radical (unpaired) electrons. The summed E-state index contributed by atoms with van der Waals surface area (Å²) in [6.07, 6.45) is 1.82. The first-order valence-corrected chi connectivity index (χ1v) is 6.81. The summed E-state index contributed by atoms with van der Waals surface area (Å²) in [6.45, 7) is 6.14. The van der Waals surface area contributed by atoms with E-state index in [2.05, 4.69) is 13.8 Å². The average molecular weight is 281 g/mol. The number of methoxy groups -OCH3 is 1. The number of hydrogen-bond donors (Lipinski definition) is 0. The molecule has 0 fully saturated rings. The van der Waals surface area contributed by atoms with Crippen molar-refractivity contribution in [2.45, 2.75) is 26.7 Å². The van der Waals surface area contributed by atoms with Crippen molar-refractivity contribution in [3.8, 4) is 0 Å². The Hall–Kier alpha value is -1.46. The Labute approximate surface area is 120 Å². The van der Waals surface area contributed by atoms with E-state index in [-0.39, 0.29) is 16.0 Å². The van der Waals surface area contributed by atoms with E-state index in [9.17, 15) is 10.1 Å². The van der Waals surface area contributed by atoms with Crippen molar-refractivity contribution in [2.24, 2.45) is 5.41 Å². The molecule has 0 saturated heterocycles. The maximum atomic E-state index is 10.6. The molecule has 0 aliphatic rings. The highest BCUT2D eigenvalue weighted by molar-refractivity contribution is 5.33. The molecule has 0 amide bonds. The Morgan fingerprint density at radius 1 is 1.25 bits per heavy atom. The Kier molecular flexibility index (Phi) is 6.61. The van der Waals surface area contributed by atoms with Crippen molar-refractivity contribution in [1.82, 2.24) is 0 Å². The van der Waals surface area contributed by atoms with Gasteiger partial charge >= 0.3 is 0 Å². The lowest BCUT2D eigenvalue weighted by Gasteiger charge is -2.28. The van der Waals surface area contributed by atoms with E-state index in [1.807, 2.05) is 12.1 Å². The minimum atomic E-state index is -0.378. The maximum Gasteiger partial charge on any atom is 0.269 e. The predicted molar refractivity (Wildman–Crippen MR) is 77.9 cm³/mol. The van der Waals surface area contributed by atoms with Gasteiger partial charge in [0.1, 0.15) is 0 Å². The summed E-state index contributed by atoms with van der Waals surface area (Å²) >= 11 is 0. The van der Waals surface area contributed by atoms with Gasteiger partial charge < -0.3 is 9.47 Å². The Morgan fingerprint density at radius 2 is 1.90 bits per heavy atom. The molecule has 1 aromatic rings. The molecule has 112 valence electrons. The molecule has 0 aliphatic carbocycles. The smallest absolute Gasteiger partial charge is 0.269 e. The number of rotatable bonds is 9. The second-order valence-electron chi connectivity index (χ2n) is 5.31. The van der Waals surface area contributed by atoms with Crippen molar-refractivity contribution in [1.29, 1.82) is 0 Å². The highest BCUT2D eigenvalue weighted by atomic mass is 16.6. The Balaban J connectivity index is 2.59. The second kappa shape index (κ2) is 7.97. The first kappa shape index (κ1) is 16.6. The molecule has 1 rings (SSSR count). The minimum absolute atomic E-state index is 0.0316. The van der Waals surface area contributed by atoms with Crippen molar-refractivity contribution >= 4 is 5.69 Å². The third-order valence-corrected chi connectivity index (χ3v) is 3.51. The van der Waals surface area contributed by atoms with Crippen LogP contribution in [0.1, 0.15) is 25.8 Å². The molecule has 1 aromatic carbocycles.